The zero-order chi connectivity index (χ0) is 36.2. The first-order valence-electron chi connectivity index (χ1n) is 16.6. The number of rotatable bonds is 6. The van der Waals surface area contributed by atoms with E-state index in [0.717, 1.165) is 0 Å². The Bertz CT molecular complexity index is 1790. The van der Waals surface area contributed by atoms with E-state index >= 15 is 0 Å². The molecule has 4 aliphatic carbocycles. The van der Waals surface area contributed by atoms with Crippen molar-refractivity contribution in [2.75, 3.05) is 7.11 Å². The van der Waals surface area contributed by atoms with E-state index in [9.17, 15) is 29.1 Å². The predicted octanol–water partition coefficient (Wildman–Crippen LogP) is 2.33. The van der Waals surface area contributed by atoms with Crippen molar-refractivity contribution in [1.29, 1.82) is 0 Å². The second kappa shape index (κ2) is 9.55. The van der Waals surface area contributed by atoms with E-state index in [0.29, 0.717) is 5.56 Å². The molecule has 4 saturated carbocycles. The Morgan fingerprint density at radius 2 is 1.70 bits per heavy atom. The Labute approximate surface area is 286 Å². The highest BCUT2D eigenvalue weighted by atomic mass is 17.0. The van der Waals surface area contributed by atoms with Crippen LogP contribution in [0.15, 0.2) is 34.7 Å². The Morgan fingerprint density at radius 1 is 1.00 bits per heavy atom. The summed E-state index contributed by atoms with van der Waals surface area (Å²) in [5.74, 6) is -6.37. The molecule has 0 aromatic carbocycles. The molecule has 3 aliphatic heterocycles. The highest BCUT2D eigenvalue weighted by Gasteiger charge is 3.03. The maximum atomic E-state index is 13.7. The van der Waals surface area contributed by atoms with E-state index in [4.69, 9.17) is 42.3 Å². The fourth-order valence-electron chi connectivity index (χ4n) is 12.1. The molecule has 1 aromatic rings. The van der Waals surface area contributed by atoms with Crippen LogP contribution in [0, 0.1) is 22.2 Å². The number of carbonyl (C=O) groups excluding carboxylic acids is 5. The number of furan rings is 1. The third kappa shape index (κ3) is 3.30. The quantitative estimate of drug-likeness (QED) is 0.336. The van der Waals surface area contributed by atoms with Gasteiger partial charge in [-0.25, -0.2) is 4.79 Å². The standard InChI is InChI=1S/C35H40O15/c1-16(36)44-22-13-33-30(6)20(11-23(39)42-8)28(4)15-32(30,41)35(47-18(3)38,26(28)45-17(2)37)27-34(33,50-31(7,48-27)49-33)21-12-24(40)46-25(29(21,22)5)19-9-10-43-14-19/h9-10,12,14,20,22,25-27,41H,11,13,15H2,1-8H3. The minimum absolute atomic E-state index is 0.130. The fraction of sp³-hybridized carbons (Fsp3) is 0.686. The van der Waals surface area contributed by atoms with Crippen LogP contribution in [0.25, 0.3) is 0 Å². The van der Waals surface area contributed by atoms with Gasteiger partial charge in [-0.1, -0.05) is 13.8 Å². The van der Waals surface area contributed by atoms with Gasteiger partial charge in [0.05, 0.1) is 25.1 Å². The summed E-state index contributed by atoms with van der Waals surface area (Å²) in [5.41, 5.74) is -11.6. The molecule has 13 unspecified atom stereocenters. The van der Waals surface area contributed by atoms with Gasteiger partial charge in [0.25, 0.3) is 5.97 Å². The van der Waals surface area contributed by atoms with E-state index in [1.807, 2.05) is 0 Å². The number of hydrogen-bond acceptors (Lipinski definition) is 15. The topological polar surface area (TPSA) is 193 Å². The number of esters is 5. The Morgan fingerprint density at radius 3 is 2.30 bits per heavy atom. The molecule has 4 heterocycles. The molecule has 2 saturated heterocycles. The summed E-state index contributed by atoms with van der Waals surface area (Å²) in [6.45, 7) is 10.4. The van der Waals surface area contributed by atoms with Gasteiger partial charge in [-0.2, -0.15) is 0 Å². The van der Waals surface area contributed by atoms with Crippen LogP contribution in [0.4, 0.5) is 0 Å². The lowest BCUT2D eigenvalue weighted by Gasteiger charge is -2.76. The van der Waals surface area contributed by atoms with E-state index < -0.39 is 105 Å². The van der Waals surface area contributed by atoms with Crippen molar-refractivity contribution in [2.24, 2.45) is 22.2 Å². The van der Waals surface area contributed by atoms with Crippen LogP contribution in [0.2, 0.25) is 0 Å². The van der Waals surface area contributed by atoms with Crippen LogP contribution in [0.3, 0.4) is 0 Å². The average Bonchev–Trinajstić information content (AvgIpc) is 3.78. The molecule has 0 radical (unpaired) electrons. The number of hydrogen-bond donors (Lipinski definition) is 1. The van der Waals surface area contributed by atoms with Gasteiger partial charge in [0.2, 0.25) is 5.60 Å². The third-order valence-electron chi connectivity index (χ3n) is 13.4. The highest BCUT2D eigenvalue weighted by molar-refractivity contribution is 5.86. The van der Waals surface area contributed by atoms with Crippen molar-refractivity contribution >= 4 is 29.8 Å². The van der Waals surface area contributed by atoms with Crippen molar-refractivity contribution in [3.63, 3.8) is 0 Å². The Balaban J connectivity index is 1.50. The lowest BCUT2D eigenvalue weighted by molar-refractivity contribution is -0.446. The van der Waals surface area contributed by atoms with E-state index in [1.54, 1.807) is 26.8 Å². The van der Waals surface area contributed by atoms with E-state index in [1.165, 1.54) is 53.4 Å². The zero-order valence-electron chi connectivity index (χ0n) is 29.0. The predicted molar refractivity (Wildman–Crippen MR) is 161 cm³/mol. The number of carbonyl (C=O) groups is 5. The lowest BCUT2D eigenvalue weighted by atomic mass is 9.34. The molecule has 4 bridgehead atoms. The Hall–Kier alpha value is -3.79. The Kier molecular flexibility index (Phi) is 6.37. The monoisotopic (exact) mass is 700 g/mol. The van der Waals surface area contributed by atoms with Gasteiger partial charge in [-0.05, 0) is 30.9 Å². The van der Waals surface area contributed by atoms with Crippen molar-refractivity contribution in [1.82, 2.24) is 0 Å². The molecule has 8 rings (SSSR count). The molecule has 6 fully saturated rings. The number of fused-ring (bicyclic) bond motifs is 4. The lowest BCUT2D eigenvalue weighted by Crippen LogP contribution is -2.93. The van der Waals surface area contributed by atoms with Gasteiger partial charge in [0.1, 0.15) is 29.5 Å². The van der Waals surface area contributed by atoms with Gasteiger partial charge in [0.15, 0.2) is 11.7 Å². The summed E-state index contributed by atoms with van der Waals surface area (Å²) in [6, 6.07) is 1.62. The van der Waals surface area contributed by atoms with Gasteiger partial charge in [-0.3, -0.25) is 19.2 Å². The molecule has 50 heavy (non-hydrogen) atoms. The summed E-state index contributed by atoms with van der Waals surface area (Å²) >= 11 is 0. The number of aliphatic hydroxyl groups is 1. The van der Waals surface area contributed by atoms with Gasteiger partial charge in [-0.15, -0.1) is 0 Å². The molecule has 15 heteroatoms. The molecule has 15 nitrogen and oxygen atoms in total. The number of methoxy groups -OCH3 is 1. The van der Waals surface area contributed by atoms with Crippen molar-refractivity contribution in [2.45, 2.75) is 121 Å². The van der Waals surface area contributed by atoms with Gasteiger partial charge >= 0.3 is 29.8 Å². The van der Waals surface area contributed by atoms with Crippen LogP contribution in [0.5, 0.6) is 0 Å². The number of cyclic esters (lactones) is 1. The molecule has 13 atom stereocenters. The second-order valence-corrected chi connectivity index (χ2v) is 15.6. The van der Waals surface area contributed by atoms with Crippen LogP contribution in [-0.4, -0.2) is 88.8 Å². The first kappa shape index (κ1) is 33.4. The summed E-state index contributed by atoms with van der Waals surface area (Å²) in [4.78, 5) is 66.3. The molecular formula is C35H40O15. The minimum atomic E-state index is -2.17. The van der Waals surface area contributed by atoms with Crippen molar-refractivity contribution in [3.8, 4) is 0 Å². The minimum Gasteiger partial charge on any atom is -0.472 e. The molecular weight excluding hydrogens is 660 g/mol. The van der Waals surface area contributed by atoms with Crippen LogP contribution in [-0.2, 0) is 61.9 Å². The van der Waals surface area contributed by atoms with Gasteiger partial charge < -0.3 is 47.4 Å². The van der Waals surface area contributed by atoms with Crippen molar-refractivity contribution < 1.29 is 71.4 Å². The maximum absolute atomic E-state index is 13.7. The molecule has 1 N–H and O–H groups in total. The van der Waals surface area contributed by atoms with E-state index in [-0.39, 0.29) is 24.8 Å². The second-order valence-electron chi connectivity index (χ2n) is 15.6. The third-order valence-corrected chi connectivity index (χ3v) is 13.4. The molecule has 1 spiro atoms. The smallest absolute Gasteiger partial charge is 0.331 e. The maximum Gasteiger partial charge on any atom is 0.331 e. The van der Waals surface area contributed by atoms with Gasteiger partial charge in [0, 0.05) is 63.0 Å². The summed E-state index contributed by atoms with van der Waals surface area (Å²) in [6.07, 6.45) is -1.52. The first-order valence-corrected chi connectivity index (χ1v) is 16.6. The average molecular weight is 701 g/mol. The summed E-state index contributed by atoms with van der Waals surface area (Å²) in [5, 5.41) is 13.6. The molecule has 7 aliphatic rings. The first-order chi connectivity index (χ1) is 23.3. The summed E-state index contributed by atoms with van der Waals surface area (Å²) < 4.78 is 55.7. The SMILES string of the molecule is COC(=O)CC1C2(C)CC3(O)C(OC(C)=O)(C2OC(C)=O)C2OC4(C)OC25C2=CC(=O)OC(c6ccoc6)C2(C)C(OC(C)=O)CC5(O4)C13C. The highest BCUT2D eigenvalue weighted by Crippen LogP contribution is 2.88. The number of ether oxygens (including phenoxy) is 8. The molecule has 1 aromatic heterocycles. The zero-order valence-corrected chi connectivity index (χ0v) is 29.0. The largest absolute Gasteiger partial charge is 0.472 e. The van der Waals surface area contributed by atoms with Crippen LogP contribution in [0.1, 0.15) is 79.4 Å². The molecule has 0 amide bonds. The summed E-state index contributed by atoms with van der Waals surface area (Å²) in [7, 11) is 1.24. The van der Waals surface area contributed by atoms with Crippen molar-refractivity contribution in [3.05, 3.63) is 35.8 Å². The van der Waals surface area contributed by atoms with Crippen LogP contribution < -0.4 is 0 Å². The fourth-order valence-corrected chi connectivity index (χ4v) is 12.1. The van der Waals surface area contributed by atoms with Crippen LogP contribution >= 0.6 is 0 Å². The van der Waals surface area contributed by atoms with E-state index in [2.05, 4.69) is 0 Å². The molecule has 270 valence electrons. The normalized spacial score (nSPS) is 50.1.